The van der Waals surface area contributed by atoms with Crippen molar-refractivity contribution in [3.63, 3.8) is 0 Å². The van der Waals surface area contributed by atoms with Crippen molar-refractivity contribution in [1.82, 2.24) is 5.32 Å². The molecule has 19 heavy (non-hydrogen) atoms. The predicted molar refractivity (Wildman–Crippen MR) is 74.9 cm³/mol. The Balaban J connectivity index is 2.35. The fourth-order valence-electron chi connectivity index (χ4n) is 2.57. The SMILES string of the molecule is CCOc1cc2c(cc1OCC)[C@@H](CCO)NCC2. The maximum Gasteiger partial charge on any atom is 0.161 e. The lowest BCUT2D eigenvalue weighted by atomic mass is 9.92. The van der Waals surface area contributed by atoms with E-state index in [9.17, 15) is 0 Å². The molecule has 1 atom stereocenters. The first-order valence-corrected chi connectivity index (χ1v) is 7.06. The van der Waals surface area contributed by atoms with Gasteiger partial charge in [-0.1, -0.05) is 0 Å². The van der Waals surface area contributed by atoms with Gasteiger partial charge in [0.15, 0.2) is 11.5 Å². The Hall–Kier alpha value is -1.26. The van der Waals surface area contributed by atoms with Gasteiger partial charge in [-0.3, -0.25) is 0 Å². The number of aliphatic hydroxyl groups excluding tert-OH is 1. The van der Waals surface area contributed by atoms with E-state index in [4.69, 9.17) is 14.6 Å². The summed E-state index contributed by atoms with van der Waals surface area (Å²) < 4.78 is 11.3. The second-order valence-corrected chi connectivity index (χ2v) is 4.63. The first-order valence-electron chi connectivity index (χ1n) is 7.06. The molecular formula is C15H23NO3. The van der Waals surface area contributed by atoms with Crippen LogP contribution in [0.3, 0.4) is 0 Å². The van der Waals surface area contributed by atoms with E-state index in [0.717, 1.165) is 30.9 Å². The van der Waals surface area contributed by atoms with Gasteiger partial charge in [0.1, 0.15) is 0 Å². The molecule has 0 bridgehead atoms. The van der Waals surface area contributed by atoms with Crippen molar-refractivity contribution >= 4 is 0 Å². The Kier molecular flexibility index (Phi) is 5.05. The number of nitrogens with one attached hydrogen (secondary N) is 1. The molecule has 0 aromatic heterocycles. The highest BCUT2D eigenvalue weighted by atomic mass is 16.5. The zero-order chi connectivity index (χ0) is 13.7. The van der Waals surface area contributed by atoms with Crippen LogP contribution in [0.25, 0.3) is 0 Å². The van der Waals surface area contributed by atoms with Gasteiger partial charge in [0.05, 0.1) is 13.2 Å². The number of hydrogen-bond acceptors (Lipinski definition) is 4. The van der Waals surface area contributed by atoms with Crippen LogP contribution in [0.5, 0.6) is 11.5 Å². The first kappa shape index (κ1) is 14.2. The van der Waals surface area contributed by atoms with Crippen molar-refractivity contribution in [2.24, 2.45) is 0 Å². The summed E-state index contributed by atoms with van der Waals surface area (Å²) in [7, 11) is 0. The number of hydrogen-bond donors (Lipinski definition) is 2. The average Bonchev–Trinajstić information content (AvgIpc) is 2.41. The zero-order valence-corrected chi connectivity index (χ0v) is 11.7. The Morgan fingerprint density at radius 1 is 1.21 bits per heavy atom. The van der Waals surface area contributed by atoms with Crippen LogP contribution in [0.15, 0.2) is 12.1 Å². The van der Waals surface area contributed by atoms with E-state index >= 15 is 0 Å². The normalized spacial score (nSPS) is 17.9. The molecule has 1 aliphatic heterocycles. The molecule has 4 nitrogen and oxygen atoms in total. The molecule has 0 unspecified atom stereocenters. The van der Waals surface area contributed by atoms with Crippen molar-refractivity contribution in [2.45, 2.75) is 32.7 Å². The molecule has 0 spiro atoms. The molecule has 4 heteroatoms. The number of ether oxygens (including phenoxy) is 2. The van der Waals surface area contributed by atoms with Gasteiger partial charge >= 0.3 is 0 Å². The summed E-state index contributed by atoms with van der Waals surface area (Å²) in [5, 5.41) is 12.6. The molecule has 0 saturated carbocycles. The molecule has 0 aliphatic carbocycles. The highest BCUT2D eigenvalue weighted by molar-refractivity contribution is 5.49. The Labute approximate surface area is 114 Å². The fraction of sp³-hybridized carbons (Fsp3) is 0.600. The Morgan fingerprint density at radius 2 is 1.89 bits per heavy atom. The minimum Gasteiger partial charge on any atom is -0.490 e. The summed E-state index contributed by atoms with van der Waals surface area (Å²) >= 11 is 0. The van der Waals surface area contributed by atoms with Crippen LogP contribution in [-0.2, 0) is 6.42 Å². The third-order valence-electron chi connectivity index (χ3n) is 3.38. The number of benzene rings is 1. The van der Waals surface area contributed by atoms with Crippen LogP contribution in [0.4, 0.5) is 0 Å². The number of fused-ring (bicyclic) bond motifs is 1. The quantitative estimate of drug-likeness (QED) is 0.826. The Bertz CT molecular complexity index is 420. The van der Waals surface area contributed by atoms with Gasteiger partial charge in [-0.05, 0) is 56.5 Å². The topological polar surface area (TPSA) is 50.7 Å². The minimum absolute atomic E-state index is 0.189. The third kappa shape index (κ3) is 3.19. The van der Waals surface area contributed by atoms with Gasteiger partial charge in [0.2, 0.25) is 0 Å². The van der Waals surface area contributed by atoms with E-state index in [2.05, 4.69) is 17.4 Å². The molecule has 0 amide bonds. The number of rotatable bonds is 6. The molecule has 2 N–H and O–H groups in total. The fourth-order valence-corrected chi connectivity index (χ4v) is 2.57. The van der Waals surface area contributed by atoms with E-state index in [-0.39, 0.29) is 12.6 Å². The average molecular weight is 265 g/mol. The van der Waals surface area contributed by atoms with Crippen molar-refractivity contribution in [3.05, 3.63) is 23.3 Å². The van der Waals surface area contributed by atoms with E-state index in [1.165, 1.54) is 11.1 Å². The van der Waals surface area contributed by atoms with Gasteiger partial charge < -0.3 is 19.9 Å². The zero-order valence-electron chi connectivity index (χ0n) is 11.7. The van der Waals surface area contributed by atoms with Crippen molar-refractivity contribution in [2.75, 3.05) is 26.4 Å². The van der Waals surface area contributed by atoms with Crippen molar-refractivity contribution in [1.29, 1.82) is 0 Å². The second-order valence-electron chi connectivity index (χ2n) is 4.63. The lowest BCUT2D eigenvalue weighted by Crippen LogP contribution is -2.30. The highest BCUT2D eigenvalue weighted by Crippen LogP contribution is 2.36. The van der Waals surface area contributed by atoms with E-state index in [1.807, 2.05) is 13.8 Å². The molecule has 0 saturated heterocycles. The van der Waals surface area contributed by atoms with Crippen LogP contribution in [0, 0.1) is 0 Å². The van der Waals surface area contributed by atoms with Gasteiger partial charge in [-0.2, -0.15) is 0 Å². The van der Waals surface area contributed by atoms with E-state index in [1.54, 1.807) is 0 Å². The van der Waals surface area contributed by atoms with Crippen LogP contribution in [-0.4, -0.2) is 31.5 Å². The van der Waals surface area contributed by atoms with Crippen molar-refractivity contribution < 1.29 is 14.6 Å². The van der Waals surface area contributed by atoms with Gasteiger partial charge in [0, 0.05) is 12.6 Å². The van der Waals surface area contributed by atoms with E-state index in [0.29, 0.717) is 13.2 Å². The second kappa shape index (κ2) is 6.78. The van der Waals surface area contributed by atoms with Gasteiger partial charge in [-0.15, -0.1) is 0 Å². The lowest BCUT2D eigenvalue weighted by molar-refractivity contribution is 0.261. The summed E-state index contributed by atoms with van der Waals surface area (Å²) in [4.78, 5) is 0. The monoisotopic (exact) mass is 265 g/mol. The summed E-state index contributed by atoms with van der Waals surface area (Å²) in [5.74, 6) is 1.63. The molecule has 1 aliphatic rings. The summed E-state index contributed by atoms with van der Waals surface area (Å²) in [5.41, 5.74) is 2.52. The van der Waals surface area contributed by atoms with Crippen LogP contribution in [0.1, 0.15) is 37.4 Å². The lowest BCUT2D eigenvalue weighted by Gasteiger charge is -2.28. The van der Waals surface area contributed by atoms with Gasteiger partial charge in [0.25, 0.3) is 0 Å². The predicted octanol–water partition coefficient (Wildman–Crippen LogP) is 2.05. The number of aliphatic hydroxyl groups is 1. The third-order valence-corrected chi connectivity index (χ3v) is 3.38. The van der Waals surface area contributed by atoms with Crippen molar-refractivity contribution in [3.8, 4) is 11.5 Å². The van der Waals surface area contributed by atoms with Crippen LogP contribution < -0.4 is 14.8 Å². The van der Waals surface area contributed by atoms with Crippen LogP contribution >= 0.6 is 0 Å². The maximum absolute atomic E-state index is 9.16. The molecule has 1 aromatic rings. The molecule has 1 aromatic carbocycles. The highest BCUT2D eigenvalue weighted by Gasteiger charge is 2.22. The Morgan fingerprint density at radius 3 is 2.53 bits per heavy atom. The summed E-state index contributed by atoms with van der Waals surface area (Å²) in [6.45, 7) is 6.34. The molecule has 2 rings (SSSR count). The van der Waals surface area contributed by atoms with Crippen LogP contribution in [0.2, 0.25) is 0 Å². The minimum atomic E-state index is 0.189. The summed E-state index contributed by atoms with van der Waals surface area (Å²) in [6.07, 6.45) is 1.72. The standard InChI is InChI=1S/C15H23NO3/c1-3-18-14-9-11-5-7-16-13(6-8-17)12(11)10-15(14)19-4-2/h9-10,13,16-17H,3-8H2,1-2H3/t13-/m1/s1. The molecule has 0 radical (unpaired) electrons. The molecule has 106 valence electrons. The van der Waals surface area contributed by atoms with Gasteiger partial charge in [-0.25, -0.2) is 0 Å². The molecule has 0 fully saturated rings. The molecule has 1 heterocycles. The first-order chi connectivity index (χ1) is 9.30. The smallest absolute Gasteiger partial charge is 0.161 e. The largest absolute Gasteiger partial charge is 0.490 e. The van der Waals surface area contributed by atoms with E-state index < -0.39 is 0 Å². The molecular weight excluding hydrogens is 242 g/mol. The summed E-state index contributed by atoms with van der Waals surface area (Å²) in [6, 6.07) is 4.37. The maximum atomic E-state index is 9.16.